The molecule has 2 heterocycles. The second-order valence-electron chi connectivity index (χ2n) is 7.10. The van der Waals surface area contributed by atoms with Crippen LogP contribution >= 0.6 is 11.6 Å². The first-order chi connectivity index (χ1) is 14.3. The SMILES string of the molecule is Cc1cccc(NC(=O)CN2N=N[C@@H]3C(=O)N(c4ccc(F)c(Cl)c4)C(=O)[C@@H]32)c1C. The zero-order valence-corrected chi connectivity index (χ0v) is 16.9. The summed E-state index contributed by atoms with van der Waals surface area (Å²) in [6.45, 7) is 3.57. The van der Waals surface area contributed by atoms with Crippen molar-refractivity contribution in [2.24, 2.45) is 10.3 Å². The molecule has 8 nitrogen and oxygen atoms in total. The Bertz CT molecular complexity index is 1110. The number of imide groups is 1. The Hall–Kier alpha value is -3.33. The van der Waals surface area contributed by atoms with Crippen molar-refractivity contribution in [2.45, 2.75) is 25.9 Å². The predicted molar refractivity (Wildman–Crippen MR) is 108 cm³/mol. The maximum absolute atomic E-state index is 13.4. The Morgan fingerprint density at radius 3 is 2.70 bits per heavy atom. The Morgan fingerprint density at radius 1 is 1.20 bits per heavy atom. The van der Waals surface area contributed by atoms with Gasteiger partial charge in [0.1, 0.15) is 12.4 Å². The van der Waals surface area contributed by atoms with Crippen molar-refractivity contribution >= 4 is 40.7 Å². The van der Waals surface area contributed by atoms with Gasteiger partial charge in [0.2, 0.25) is 5.91 Å². The number of aryl methyl sites for hydroxylation is 1. The first-order valence-electron chi connectivity index (χ1n) is 9.14. The molecule has 3 amide bonds. The zero-order valence-electron chi connectivity index (χ0n) is 16.1. The third-order valence-corrected chi connectivity index (χ3v) is 5.49. The normalized spacial score (nSPS) is 20.1. The molecule has 0 unspecified atom stereocenters. The van der Waals surface area contributed by atoms with Gasteiger partial charge in [-0.2, -0.15) is 5.11 Å². The molecule has 2 atom stereocenters. The molecule has 1 fully saturated rings. The van der Waals surface area contributed by atoms with E-state index >= 15 is 0 Å². The summed E-state index contributed by atoms with van der Waals surface area (Å²) in [5.41, 5.74) is 2.75. The number of nitrogens with one attached hydrogen (secondary N) is 1. The molecule has 2 aromatic carbocycles. The van der Waals surface area contributed by atoms with Crippen LogP contribution in [0.1, 0.15) is 11.1 Å². The molecule has 154 valence electrons. The van der Waals surface area contributed by atoms with Crippen molar-refractivity contribution in [1.82, 2.24) is 5.01 Å². The molecule has 1 N–H and O–H groups in total. The van der Waals surface area contributed by atoms with Crippen LogP contribution in [0.5, 0.6) is 0 Å². The van der Waals surface area contributed by atoms with E-state index in [0.29, 0.717) is 5.69 Å². The second kappa shape index (κ2) is 7.49. The van der Waals surface area contributed by atoms with E-state index in [2.05, 4.69) is 15.7 Å². The lowest BCUT2D eigenvalue weighted by atomic mass is 10.1. The van der Waals surface area contributed by atoms with Crippen LogP contribution in [0.2, 0.25) is 5.02 Å². The molecule has 4 rings (SSSR count). The van der Waals surface area contributed by atoms with Crippen LogP contribution in [0.3, 0.4) is 0 Å². The van der Waals surface area contributed by atoms with E-state index in [0.717, 1.165) is 22.1 Å². The number of carbonyl (C=O) groups excluding carboxylic acids is 3. The number of hydrogen-bond acceptors (Lipinski definition) is 6. The first-order valence-corrected chi connectivity index (χ1v) is 9.52. The number of hydrogen-bond donors (Lipinski definition) is 1. The average molecular weight is 430 g/mol. The quantitative estimate of drug-likeness (QED) is 0.756. The molecular formula is C20H17ClFN5O3. The minimum Gasteiger partial charge on any atom is -0.324 e. The molecule has 1 saturated heterocycles. The molecule has 2 aliphatic rings. The van der Waals surface area contributed by atoms with Crippen molar-refractivity contribution in [3.05, 3.63) is 58.4 Å². The molecule has 0 aromatic heterocycles. The van der Waals surface area contributed by atoms with Gasteiger partial charge in [0.05, 0.1) is 10.7 Å². The monoisotopic (exact) mass is 429 g/mol. The van der Waals surface area contributed by atoms with Crippen LogP contribution in [0, 0.1) is 19.7 Å². The minimum absolute atomic E-state index is 0.140. The van der Waals surface area contributed by atoms with E-state index in [1.165, 1.54) is 17.1 Å². The lowest BCUT2D eigenvalue weighted by Gasteiger charge is -2.20. The Balaban J connectivity index is 1.51. The second-order valence-corrected chi connectivity index (χ2v) is 7.51. The van der Waals surface area contributed by atoms with Gasteiger partial charge >= 0.3 is 0 Å². The highest BCUT2D eigenvalue weighted by molar-refractivity contribution is 6.32. The number of amides is 3. The summed E-state index contributed by atoms with van der Waals surface area (Å²) in [4.78, 5) is 39.0. The van der Waals surface area contributed by atoms with Gasteiger partial charge in [-0.3, -0.25) is 19.4 Å². The number of halogens is 2. The predicted octanol–water partition coefficient (Wildman–Crippen LogP) is 3.03. The maximum atomic E-state index is 13.4. The van der Waals surface area contributed by atoms with Gasteiger partial charge in [0.25, 0.3) is 11.8 Å². The van der Waals surface area contributed by atoms with Gasteiger partial charge in [-0.15, -0.1) is 0 Å². The van der Waals surface area contributed by atoms with Gasteiger partial charge in [-0.05, 0) is 49.2 Å². The molecule has 0 bridgehead atoms. The number of carbonyl (C=O) groups is 3. The lowest BCUT2D eigenvalue weighted by Crippen LogP contribution is -2.43. The van der Waals surface area contributed by atoms with Gasteiger partial charge in [-0.25, -0.2) is 9.29 Å². The molecule has 30 heavy (non-hydrogen) atoms. The summed E-state index contributed by atoms with van der Waals surface area (Å²) in [6.07, 6.45) is 0. The van der Waals surface area contributed by atoms with Gasteiger partial charge < -0.3 is 5.32 Å². The summed E-state index contributed by atoms with van der Waals surface area (Å²) in [7, 11) is 0. The van der Waals surface area contributed by atoms with E-state index in [9.17, 15) is 18.8 Å². The van der Waals surface area contributed by atoms with E-state index in [4.69, 9.17) is 11.6 Å². The van der Waals surface area contributed by atoms with E-state index in [1.54, 1.807) is 6.07 Å². The van der Waals surface area contributed by atoms with Crippen LogP contribution in [0.25, 0.3) is 0 Å². The number of nitrogens with zero attached hydrogens (tertiary/aromatic N) is 4. The van der Waals surface area contributed by atoms with Crippen molar-refractivity contribution in [1.29, 1.82) is 0 Å². The smallest absolute Gasteiger partial charge is 0.263 e. The summed E-state index contributed by atoms with van der Waals surface area (Å²) >= 11 is 5.78. The number of benzene rings is 2. The summed E-state index contributed by atoms with van der Waals surface area (Å²) in [5, 5.41) is 11.5. The van der Waals surface area contributed by atoms with Crippen molar-refractivity contribution in [3.8, 4) is 0 Å². The summed E-state index contributed by atoms with van der Waals surface area (Å²) in [6, 6.07) is 7.00. The molecular weight excluding hydrogens is 413 g/mol. The summed E-state index contributed by atoms with van der Waals surface area (Å²) in [5.74, 6) is -2.26. The first kappa shape index (κ1) is 20.0. The molecule has 0 radical (unpaired) electrons. The molecule has 2 aromatic rings. The highest BCUT2D eigenvalue weighted by Crippen LogP contribution is 2.33. The van der Waals surface area contributed by atoms with Crippen molar-refractivity contribution in [2.75, 3.05) is 16.8 Å². The van der Waals surface area contributed by atoms with Crippen LogP contribution in [0.4, 0.5) is 15.8 Å². The van der Waals surface area contributed by atoms with Gasteiger partial charge in [-0.1, -0.05) is 29.0 Å². The van der Waals surface area contributed by atoms with Crippen LogP contribution in [0.15, 0.2) is 46.7 Å². The Labute approximate surface area is 176 Å². The van der Waals surface area contributed by atoms with E-state index in [-0.39, 0.29) is 17.3 Å². The third-order valence-electron chi connectivity index (χ3n) is 5.20. The highest BCUT2D eigenvalue weighted by Gasteiger charge is 2.55. The Morgan fingerprint density at radius 2 is 1.97 bits per heavy atom. The number of fused-ring (bicyclic) bond motifs is 1. The van der Waals surface area contributed by atoms with Crippen LogP contribution in [-0.4, -0.2) is 41.4 Å². The Kier molecular flexibility index (Phi) is 4.98. The topological polar surface area (TPSA) is 94.4 Å². The third kappa shape index (κ3) is 3.30. The van der Waals surface area contributed by atoms with E-state index in [1.807, 2.05) is 26.0 Å². The van der Waals surface area contributed by atoms with Crippen LogP contribution in [-0.2, 0) is 14.4 Å². The standard InChI is InChI=1S/C20H17ClFN5O3/c1-10-4-3-5-15(11(10)2)23-16(28)9-26-18-17(24-25-26)19(29)27(20(18)30)12-6-7-14(22)13(21)8-12/h3-8,17-18H,9H2,1-2H3,(H,23,28)/t17-,18+/m0/s1. The molecule has 2 aliphatic heterocycles. The molecule has 0 aliphatic carbocycles. The van der Waals surface area contributed by atoms with Crippen molar-refractivity contribution < 1.29 is 18.8 Å². The molecule has 0 spiro atoms. The maximum Gasteiger partial charge on any atom is 0.263 e. The zero-order chi connectivity index (χ0) is 21.6. The fourth-order valence-electron chi connectivity index (χ4n) is 3.46. The van der Waals surface area contributed by atoms with Gasteiger partial charge in [0.15, 0.2) is 12.1 Å². The number of rotatable bonds is 4. The number of anilines is 2. The summed E-state index contributed by atoms with van der Waals surface area (Å²) < 4.78 is 13.4. The largest absolute Gasteiger partial charge is 0.324 e. The average Bonchev–Trinajstić information content (AvgIpc) is 3.21. The van der Waals surface area contributed by atoms with Gasteiger partial charge in [0, 0.05) is 5.69 Å². The molecule has 10 heteroatoms. The van der Waals surface area contributed by atoms with E-state index < -0.39 is 35.6 Å². The van der Waals surface area contributed by atoms with Crippen LogP contribution < -0.4 is 10.2 Å². The fraction of sp³-hybridized carbons (Fsp3) is 0.250. The lowest BCUT2D eigenvalue weighted by molar-refractivity contribution is -0.123. The highest BCUT2D eigenvalue weighted by atomic mass is 35.5. The molecule has 0 saturated carbocycles. The minimum atomic E-state index is -1.06. The van der Waals surface area contributed by atoms with Crippen molar-refractivity contribution in [3.63, 3.8) is 0 Å². The fourth-order valence-corrected chi connectivity index (χ4v) is 3.63.